The predicted molar refractivity (Wildman–Crippen MR) is 82.4 cm³/mol. The fraction of sp³-hybridized carbons (Fsp3) is 0.938. The average molecular weight is 284 g/mol. The van der Waals surface area contributed by atoms with Crippen molar-refractivity contribution in [2.24, 2.45) is 11.8 Å². The van der Waals surface area contributed by atoms with E-state index in [4.69, 9.17) is 4.74 Å². The van der Waals surface area contributed by atoms with E-state index in [0.717, 1.165) is 19.3 Å². The second-order valence-corrected chi connectivity index (χ2v) is 6.44. The van der Waals surface area contributed by atoms with Crippen LogP contribution in [0.1, 0.15) is 53.9 Å². The summed E-state index contributed by atoms with van der Waals surface area (Å²) < 4.78 is 5.31. The summed E-state index contributed by atoms with van der Waals surface area (Å²) in [6.07, 6.45) is 3.11. The maximum atomic E-state index is 12.8. The molecule has 0 aromatic heterocycles. The molecule has 20 heavy (non-hydrogen) atoms. The van der Waals surface area contributed by atoms with Crippen molar-refractivity contribution in [3.8, 4) is 0 Å². The Hall–Kier alpha value is -0.610. The molecule has 4 heteroatoms. The van der Waals surface area contributed by atoms with Crippen LogP contribution >= 0.6 is 0 Å². The normalized spacial score (nSPS) is 26.4. The second kappa shape index (κ2) is 7.99. The van der Waals surface area contributed by atoms with Crippen LogP contribution in [0.2, 0.25) is 0 Å². The number of ether oxygens (including phenoxy) is 1. The van der Waals surface area contributed by atoms with Gasteiger partial charge in [-0.15, -0.1) is 0 Å². The third-order valence-electron chi connectivity index (χ3n) is 4.36. The Balaban J connectivity index is 2.91. The molecule has 0 saturated carbocycles. The minimum absolute atomic E-state index is 0.0327. The van der Waals surface area contributed by atoms with Crippen LogP contribution in [0.5, 0.6) is 0 Å². The Morgan fingerprint density at radius 1 is 1.25 bits per heavy atom. The van der Waals surface area contributed by atoms with Crippen molar-refractivity contribution in [1.82, 2.24) is 10.2 Å². The first-order valence-corrected chi connectivity index (χ1v) is 8.03. The number of rotatable bonds is 8. The predicted octanol–water partition coefficient (Wildman–Crippen LogP) is 2.63. The Kier molecular flexibility index (Phi) is 6.96. The zero-order chi connectivity index (χ0) is 15.3. The van der Waals surface area contributed by atoms with Gasteiger partial charge >= 0.3 is 0 Å². The van der Waals surface area contributed by atoms with Crippen LogP contribution in [0.15, 0.2) is 0 Å². The molecule has 4 nitrogen and oxygen atoms in total. The summed E-state index contributed by atoms with van der Waals surface area (Å²) in [4.78, 5) is 14.8. The molecule has 1 aliphatic rings. The molecule has 1 saturated heterocycles. The first kappa shape index (κ1) is 17.4. The highest BCUT2D eigenvalue weighted by molar-refractivity contribution is 5.85. The van der Waals surface area contributed by atoms with Gasteiger partial charge in [0.1, 0.15) is 0 Å². The highest BCUT2D eigenvalue weighted by Gasteiger charge is 2.43. The van der Waals surface area contributed by atoms with Crippen LogP contribution in [0, 0.1) is 11.8 Å². The van der Waals surface area contributed by atoms with Crippen molar-refractivity contribution in [2.75, 3.05) is 13.7 Å². The molecule has 4 atom stereocenters. The van der Waals surface area contributed by atoms with Gasteiger partial charge in [0.25, 0.3) is 0 Å². The lowest BCUT2D eigenvalue weighted by molar-refractivity contribution is -0.134. The molecule has 118 valence electrons. The van der Waals surface area contributed by atoms with Gasteiger partial charge in [-0.25, -0.2) is 0 Å². The molecular formula is C16H32N2O2. The number of carbonyl (C=O) groups excluding carboxylic acids is 1. The lowest BCUT2D eigenvalue weighted by Crippen LogP contribution is -2.47. The van der Waals surface area contributed by atoms with Gasteiger partial charge in [-0.2, -0.15) is 0 Å². The maximum Gasteiger partial charge on any atom is 0.241 e. The summed E-state index contributed by atoms with van der Waals surface area (Å²) in [6, 6.07) is 0.146. The van der Waals surface area contributed by atoms with E-state index in [-0.39, 0.29) is 24.2 Å². The van der Waals surface area contributed by atoms with E-state index in [1.54, 1.807) is 7.11 Å². The third kappa shape index (κ3) is 3.95. The molecule has 0 aromatic rings. The summed E-state index contributed by atoms with van der Waals surface area (Å²) in [5.41, 5.74) is 0. The molecule has 0 aromatic carbocycles. The van der Waals surface area contributed by atoms with Crippen molar-refractivity contribution < 1.29 is 9.53 Å². The quantitative estimate of drug-likeness (QED) is 0.745. The summed E-state index contributed by atoms with van der Waals surface area (Å²) in [5, 5.41) is 3.57. The zero-order valence-corrected chi connectivity index (χ0v) is 14.0. The SMILES string of the molecule is CCC(C)C1NC(CC(C)C)N(C(CC)COC)C1=O. The highest BCUT2D eigenvalue weighted by atomic mass is 16.5. The standard InChI is InChI=1S/C16H32N2O2/c1-7-12(5)15-16(19)18(13(8-2)10-20-6)14(17-15)9-11(3)4/h11-15,17H,7-10H2,1-6H3. The summed E-state index contributed by atoms with van der Waals surface area (Å²) in [7, 11) is 1.71. The van der Waals surface area contributed by atoms with Gasteiger partial charge in [0, 0.05) is 7.11 Å². The Morgan fingerprint density at radius 3 is 2.35 bits per heavy atom. The number of hydrogen-bond donors (Lipinski definition) is 1. The lowest BCUT2D eigenvalue weighted by Gasteiger charge is -2.32. The molecule has 0 spiro atoms. The minimum atomic E-state index is -0.0327. The van der Waals surface area contributed by atoms with E-state index >= 15 is 0 Å². The smallest absolute Gasteiger partial charge is 0.241 e. The lowest BCUT2D eigenvalue weighted by atomic mass is 9.99. The summed E-state index contributed by atoms with van der Waals surface area (Å²) in [5.74, 6) is 1.20. The molecule has 1 fully saturated rings. The maximum absolute atomic E-state index is 12.8. The van der Waals surface area contributed by atoms with Crippen LogP contribution < -0.4 is 5.32 Å². The number of methoxy groups -OCH3 is 1. The molecule has 0 aliphatic carbocycles. The van der Waals surface area contributed by atoms with Gasteiger partial charge in [0.05, 0.1) is 24.9 Å². The van der Waals surface area contributed by atoms with E-state index in [1.807, 2.05) is 0 Å². The Labute approximate surface area is 124 Å². The van der Waals surface area contributed by atoms with Gasteiger partial charge in [-0.1, -0.05) is 41.0 Å². The average Bonchev–Trinajstić information content (AvgIpc) is 2.71. The molecule has 1 rings (SSSR count). The number of nitrogens with one attached hydrogen (secondary N) is 1. The zero-order valence-electron chi connectivity index (χ0n) is 14.0. The van der Waals surface area contributed by atoms with Gasteiger partial charge < -0.3 is 9.64 Å². The van der Waals surface area contributed by atoms with Gasteiger partial charge in [-0.05, 0) is 24.7 Å². The van der Waals surface area contributed by atoms with Crippen LogP contribution in [0.3, 0.4) is 0 Å². The molecule has 0 bridgehead atoms. The van der Waals surface area contributed by atoms with Crippen molar-refractivity contribution in [1.29, 1.82) is 0 Å². The Morgan fingerprint density at radius 2 is 1.90 bits per heavy atom. The fourth-order valence-corrected chi connectivity index (χ4v) is 2.97. The van der Waals surface area contributed by atoms with Crippen molar-refractivity contribution in [2.45, 2.75) is 72.1 Å². The monoisotopic (exact) mass is 284 g/mol. The van der Waals surface area contributed by atoms with Crippen molar-refractivity contribution in [3.05, 3.63) is 0 Å². The molecule has 1 heterocycles. The first-order chi connectivity index (χ1) is 9.46. The van der Waals surface area contributed by atoms with Crippen LogP contribution in [0.25, 0.3) is 0 Å². The molecular weight excluding hydrogens is 252 g/mol. The van der Waals surface area contributed by atoms with Crippen LogP contribution in [0.4, 0.5) is 0 Å². The highest BCUT2D eigenvalue weighted by Crippen LogP contribution is 2.26. The number of carbonyl (C=O) groups is 1. The van der Waals surface area contributed by atoms with Crippen LogP contribution in [-0.4, -0.2) is 42.8 Å². The second-order valence-electron chi connectivity index (χ2n) is 6.44. The van der Waals surface area contributed by atoms with Crippen molar-refractivity contribution >= 4 is 5.91 Å². The summed E-state index contributed by atoms with van der Waals surface area (Å²) in [6.45, 7) is 11.5. The van der Waals surface area contributed by atoms with Crippen molar-refractivity contribution in [3.63, 3.8) is 0 Å². The molecule has 4 unspecified atom stereocenters. The largest absolute Gasteiger partial charge is 0.383 e. The minimum Gasteiger partial charge on any atom is -0.383 e. The molecule has 1 N–H and O–H groups in total. The molecule has 0 radical (unpaired) electrons. The van der Waals surface area contributed by atoms with Gasteiger partial charge in [0.15, 0.2) is 0 Å². The fourth-order valence-electron chi connectivity index (χ4n) is 2.97. The first-order valence-electron chi connectivity index (χ1n) is 8.03. The molecule has 1 aliphatic heterocycles. The van der Waals surface area contributed by atoms with E-state index in [0.29, 0.717) is 18.4 Å². The molecule has 1 amide bonds. The van der Waals surface area contributed by atoms with E-state index < -0.39 is 0 Å². The topological polar surface area (TPSA) is 41.6 Å². The van der Waals surface area contributed by atoms with E-state index in [1.165, 1.54) is 0 Å². The Bertz CT molecular complexity index is 307. The van der Waals surface area contributed by atoms with E-state index in [9.17, 15) is 4.79 Å². The van der Waals surface area contributed by atoms with Gasteiger partial charge in [0.2, 0.25) is 5.91 Å². The number of nitrogens with zero attached hydrogens (tertiary/aromatic N) is 1. The summed E-state index contributed by atoms with van der Waals surface area (Å²) >= 11 is 0. The van der Waals surface area contributed by atoms with Crippen LogP contribution in [-0.2, 0) is 9.53 Å². The third-order valence-corrected chi connectivity index (χ3v) is 4.36. The van der Waals surface area contributed by atoms with E-state index in [2.05, 4.69) is 44.8 Å². The van der Waals surface area contributed by atoms with Gasteiger partial charge in [-0.3, -0.25) is 10.1 Å². The number of amides is 1. The number of hydrogen-bond acceptors (Lipinski definition) is 3.